The highest BCUT2D eigenvalue weighted by Gasteiger charge is 2.32. The van der Waals surface area contributed by atoms with Crippen LogP contribution in [-0.2, 0) is 0 Å². The van der Waals surface area contributed by atoms with Gasteiger partial charge >= 0.3 is 0 Å². The van der Waals surface area contributed by atoms with E-state index in [0.717, 1.165) is 24.5 Å². The van der Waals surface area contributed by atoms with Gasteiger partial charge in [0.2, 0.25) is 0 Å². The molecule has 0 radical (unpaired) electrons. The van der Waals surface area contributed by atoms with Crippen molar-refractivity contribution in [1.29, 1.82) is 0 Å². The lowest BCUT2D eigenvalue weighted by Gasteiger charge is -2.37. The maximum atomic E-state index is 3.91. The molecule has 1 saturated carbocycles. The van der Waals surface area contributed by atoms with Crippen LogP contribution in [0, 0.1) is 5.92 Å². The van der Waals surface area contributed by atoms with E-state index in [4.69, 9.17) is 0 Å². The van der Waals surface area contributed by atoms with Crippen molar-refractivity contribution >= 4 is 0 Å². The first-order chi connectivity index (χ1) is 10.1. The Balaban J connectivity index is 1.79. The van der Waals surface area contributed by atoms with Gasteiger partial charge in [0.25, 0.3) is 0 Å². The Hall–Kier alpha value is -0.120. The maximum Gasteiger partial charge on any atom is 0.0112 e. The molecule has 0 amide bonds. The van der Waals surface area contributed by atoms with Crippen molar-refractivity contribution < 1.29 is 0 Å². The van der Waals surface area contributed by atoms with Gasteiger partial charge in [0.05, 0.1) is 0 Å². The minimum absolute atomic E-state index is 0.644. The van der Waals surface area contributed by atoms with Gasteiger partial charge in [-0.25, -0.2) is 0 Å². The first kappa shape index (κ1) is 17.2. The fourth-order valence-corrected chi connectivity index (χ4v) is 4.46. The van der Waals surface area contributed by atoms with Crippen LogP contribution >= 0.6 is 0 Å². The number of nitrogens with one attached hydrogen (secondary N) is 2. The average molecular weight is 296 g/mol. The van der Waals surface area contributed by atoms with Gasteiger partial charge in [-0.2, -0.15) is 0 Å². The summed E-state index contributed by atoms with van der Waals surface area (Å²) < 4.78 is 0. The Morgan fingerprint density at radius 1 is 1.00 bits per heavy atom. The fourth-order valence-electron chi connectivity index (χ4n) is 4.46. The van der Waals surface area contributed by atoms with Crippen molar-refractivity contribution in [3.05, 3.63) is 0 Å². The molecular formula is C18H37N3. The zero-order chi connectivity index (χ0) is 15.2. The van der Waals surface area contributed by atoms with Gasteiger partial charge in [0.1, 0.15) is 0 Å². The zero-order valence-corrected chi connectivity index (χ0v) is 14.7. The first-order valence-corrected chi connectivity index (χ1v) is 9.32. The van der Waals surface area contributed by atoms with Gasteiger partial charge in [-0.3, -0.25) is 4.90 Å². The molecular weight excluding hydrogens is 258 g/mol. The van der Waals surface area contributed by atoms with Crippen LogP contribution in [0.3, 0.4) is 0 Å². The summed E-state index contributed by atoms with van der Waals surface area (Å²) in [5, 5.41) is 7.65. The van der Waals surface area contributed by atoms with Crippen LogP contribution in [0.1, 0.15) is 66.2 Å². The van der Waals surface area contributed by atoms with E-state index < -0.39 is 0 Å². The number of hydrogen-bond acceptors (Lipinski definition) is 3. The Labute approximate surface area is 132 Å². The van der Waals surface area contributed by atoms with E-state index in [9.17, 15) is 0 Å². The Morgan fingerprint density at radius 2 is 1.71 bits per heavy atom. The molecule has 2 rings (SSSR count). The molecule has 1 aliphatic heterocycles. The predicted octanol–water partition coefficient (Wildman–Crippen LogP) is 3.01. The van der Waals surface area contributed by atoms with E-state index in [1.54, 1.807) is 0 Å². The second-order valence-electron chi connectivity index (χ2n) is 7.64. The van der Waals surface area contributed by atoms with E-state index in [1.165, 1.54) is 51.6 Å². The molecule has 3 heteroatoms. The molecule has 2 aliphatic rings. The van der Waals surface area contributed by atoms with Crippen molar-refractivity contribution in [2.24, 2.45) is 5.92 Å². The highest BCUT2D eigenvalue weighted by molar-refractivity contribution is 4.91. The van der Waals surface area contributed by atoms with Crippen LogP contribution in [0.5, 0.6) is 0 Å². The van der Waals surface area contributed by atoms with Crippen molar-refractivity contribution in [3.8, 4) is 0 Å². The minimum atomic E-state index is 0.644. The van der Waals surface area contributed by atoms with Crippen molar-refractivity contribution in [1.82, 2.24) is 15.5 Å². The summed E-state index contributed by atoms with van der Waals surface area (Å²) in [5.74, 6) is 0.868. The quantitative estimate of drug-likeness (QED) is 0.756. The summed E-state index contributed by atoms with van der Waals surface area (Å²) in [6.07, 6.45) is 8.43. The molecule has 3 nitrogen and oxygen atoms in total. The molecule has 3 unspecified atom stereocenters. The van der Waals surface area contributed by atoms with Gasteiger partial charge in [-0.05, 0) is 65.8 Å². The summed E-state index contributed by atoms with van der Waals surface area (Å²) in [4.78, 5) is 2.60. The SMILES string of the molecule is CC(C)N(CCNC1CCCCC1C1CCCN1)C(C)C. The maximum absolute atomic E-state index is 3.91. The lowest BCUT2D eigenvalue weighted by Crippen LogP contribution is -2.49. The third kappa shape index (κ3) is 4.94. The minimum Gasteiger partial charge on any atom is -0.314 e. The molecule has 0 aromatic heterocycles. The third-order valence-electron chi connectivity index (χ3n) is 5.54. The van der Waals surface area contributed by atoms with Crippen LogP contribution in [0.2, 0.25) is 0 Å². The Kier molecular flexibility index (Phi) is 6.97. The van der Waals surface area contributed by atoms with Crippen molar-refractivity contribution in [2.75, 3.05) is 19.6 Å². The predicted molar refractivity (Wildman–Crippen MR) is 91.8 cm³/mol. The monoisotopic (exact) mass is 295 g/mol. The third-order valence-corrected chi connectivity index (χ3v) is 5.54. The topological polar surface area (TPSA) is 27.3 Å². The second kappa shape index (κ2) is 8.50. The highest BCUT2D eigenvalue weighted by Crippen LogP contribution is 2.30. The van der Waals surface area contributed by atoms with Crippen LogP contribution in [0.15, 0.2) is 0 Å². The van der Waals surface area contributed by atoms with Crippen molar-refractivity contribution in [2.45, 2.75) is 90.4 Å². The number of hydrogen-bond donors (Lipinski definition) is 2. The van der Waals surface area contributed by atoms with E-state index in [-0.39, 0.29) is 0 Å². The lowest BCUT2D eigenvalue weighted by molar-refractivity contribution is 0.161. The standard InChI is InChI=1S/C18H37N3/c1-14(2)21(15(3)4)13-12-20-17-9-6-5-8-16(17)18-10-7-11-19-18/h14-20H,5-13H2,1-4H3. The molecule has 0 aromatic carbocycles. The molecule has 1 saturated heterocycles. The molecule has 0 bridgehead atoms. The lowest BCUT2D eigenvalue weighted by atomic mass is 9.79. The smallest absolute Gasteiger partial charge is 0.0112 e. The van der Waals surface area contributed by atoms with Gasteiger partial charge in [-0.15, -0.1) is 0 Å². The Morgan fingerprint density at radius 3 is 2.33 bits per heavy atom. The van der Waals surface area contributed by atoms with E-state index >= 15 is 0 Å². The van der Waals surface area contributed by atoms with E-state index in [1.807, 2.05) is 0 Å². The van der Waals surface area contributed by atoms with Crippen LogP contribution in [-0.4, -0.2) is 48.7 Å². The summed E-state index contributed by atoms with van der Waals surface area (Å²) in [6, 6.07) is 2.82. The largest absolute Gasteiger partial charge is 0.314 e. The van der Waals surface area contributed by atoms with Gasteiger partial charge in [0, 0.05) is 37.3 Å². The Bertz CT molecular complexity index is 276. The van der Waals surface area contributed by atoms with E-state index in [0.29, 0.717) is 12.1 Å². The molecule has 124 valence electrons. The zero-order valence-electron chi connectivity index (χ0n) is 14.7. The molecule has 3 atom stereocenters. The molecule has 1 heterocycles. The first-order valence-electron chi connectivity index (χ1n) is 9.32. The van der Waals surface area contributed by atoms with E-state index in [2.05, 4.69) is 43.2 Å². The molecule has 2 N–H and O–H groups in total. The summed E-state index contributed by atoms with van der Waals surface area (Å²) in [6.45, 7) is 12.8. The highest BCUT2D eigenvalue weighted by atomic mass is 15.2. The molecule has 0 spiro atoms. The van der Waals surface area contributed by atoms with Gasteiger partial charge in [0.15, 0.2) is 0 Å². The van der Waals surface area contributed by atoms with Crippen molar-refractivity contribution in [3.63, 3.8) is 0 Å². The second-order valence-corrected chi connectivity index (χ2v) is 7.64. The van der Waals surface area contributed by atoms with Crippen LogP contribution in [0.4, 0.5) is 0 Å². The fraction of sp³-hybridized carbons (Fsp3) is 1.00. The number of nitrogens with zero attached hydrogens (tertiary/aromatic N) is 1. The molecule has 2 fully saturated rings. The van der Waals surface area contributed by atoms with Crippen LogP contribution in [0.25, 0.3) is 0 Å². The summed E-state index contributed by atoms with van der Waals surface area (Å²) >= 11 is 0. The molecule has 0 aromatic rings. The molecule has 21 heavy (non-hydrogen) atoms. The van der Waals surface area contributed by atoms with Crippen LogP contribution < -0.4 is 10.6 Å². The number of rotatable bonds is 7. The van der Waals surface area contributed by atoms with Gasteiger partial charge < -0.3 is 10.6 Å². The van der Waals surface area contributed by atoms with Gasteiger partial charge in [-0.1, -0.05) is 12.8 Å². The average Bonchev–Trinajstić information content (AvgIpc) is 2.97. The molecule has 1 aliphatic carbocycles. The summed E-state index contributed by atoms with van der Waals surface area (Å²) in [5.41, 5.74) is 0. The summed E-state index contributed by atoms with van der Waals surface area (Å²) in [7, 11) is 0. The normalized spacial score (nSPS) is 30.7.